The normalized spacial score (nSPS) is 27.5. The lowest BCUT2D eigenvalue weighted by Crippen LogP contribution is -2.33. The first-order valence-electron chi connectivity index (χ1n) is 8.80. The Morgan fingerprint density at radius 1 is 1.17 bits per heavy atom. The topological polar surface area (TPSA) is 62.6 Å². The van der Waals surface area contributed by atoms with E-state index in [4.69, 9.17) is 4.42 Å². The summed E-state index contributed by atoms with van der Waals surface area (Å²) in [6.07, 6.45) is 4.28. The standard InChI is InChI=1S/C18H24N2O3/c1-11-16-14(21)3-2-4-15(16)23-17(11)18(22)20-7-5-12-9-19-10-13(12)6-8-20/h12-13,19H,2-10H2,1H3/t12-,13+. The molecule has 2 fully saturated rings. The molecule has 5 nitrogen and oxygen atoms in total. The summed E-state index contributed by atoms with van der Waals surface area (Å²) in [6, 6.07) is 0. The number of nitrogens with one attached hydrogen (secondary N) is 1. The van der Waals surface area contributed by atoms with Gasteiger partial charge in [0.25, 0.3) is 5.91 Å². The maximum atomic E-state index is 12.9. The molecule has 124 valence electrons. The number of Topliss-reactive ketones (excluding diaryl/α,β-unsaturated/α-hetero) is 1. The summed E-state index contributed by atoms with van der Waals surface area (Å²) in [6.45, 7) is 5.60. The number of hydrogen-bond acceptors (Lipinski definition) is 4. The van der Waals surface area contributed by atoms with Gasteiger partial charge in [-0.15, -0.1) is 0 Å². The van der Waals surface area contributed by atoms with Gasteiger partial charge in [-0.2, -0.15) is 0 Å². The van der Waals surface area contributed by atoms with Crippen LogP contribution in [0, 0.1) is 18.8 Å². The molecule has 2 aliphatic heterocycles. The van der Waals surface area contributed by atoms with Gasteiger partial charge in [0.2, 0.25) is 0 Å². The molecular weight excluding hydrogens is 292 g/mol. The van der Waals surface area contributed by atoms with Crippen molar-refractivity contribution in [3.8, 4) is 0 Å². The Balaban J connectivity index is 1.56. The van der Waals surface area contributed by atoms with E-state index in [0.717, 1.165) is 63.2 Å². The van der Waals surface area contributed by atoms with Crippen molar-refractivity contribution in [2.75, 3.05) is 26.2 Å². The second-order valence-electron chi connectivity index (χ2n) is 7.18. The van der Waals surface area contributed by atoms with E-state index in [0.29, 0.717) is 29.6 Å². The molecule has 1 aromatic heterocycles. The van der Waals surface area contributed by atoms with Gasteiger partial charge in [0.1, 0.15) is 5.76 Å². The molecule has 0 radical (unpaired) electrons. The minimum atomic E-state index is -0.0300. The van der Waals surface area contributed by atoms with Gasteiger partial charge in [-0.25, -0.2) is 0 Å². The Kier molecular flexibility index (Phi) is 3.76. The number of furan rings is 1. The van der Waals surface area contributed by atoms with Gasteiger partial charge >= 0.3 is 0 Å². The number of aryl methyl sites for hydroxylation is 1. The third-order valence-corrected chi connectivity index (χ3v) is 5.81. The van der Waals surface area contributed by atoms with Crippen molar-refractivity contribution in [3.05, 3.63) is 22.6 Å². The van der Waals surface area contributed by atoms with Crippen molar-refractivity contribution in [3.63, 3.8) is 0 Å². The SMILES string of the molecule is Cc1c(C(=O)N2CC[C@@H]3CNC[C@@H]3CC2)oc2c1C(=O)CCC2. The molecule has 2 atom stereocenters. The number of ketones is 1. The largest absolute Gasteiger partial charge is 0.455 e. The van der Waals surface area contributed by atoms with Crippen LogP contribution in [0.5, 0.6) is 0 Å². The van der Waals surface area contributed by atoms with E-state index >= 15 is 0 Å². The number of hydrogen-bond donors (Lipinski definition) is 1. The molecule has 0 unspecified atom stereocenters. The van der Waals surface area contributed by atoms with Crippen molar-refractivity contribution in [1.29, 1.82) is 0 Å². The van der Waals surface area contributed by atoms with Gasteiger partial charge in [-0.1, -0.05) is 0 Å². The van der Waals surface area contributed by atoms with E-state index < -0.39 is 0 Å². The van der Waals surface area contributed by atoms with Crippen molar-refractivity contribution in [2.24, 2.45) is 11.8 Å². The molecule has 2 saturated heterocycles. The number of amides is 1. The first kappa shape index (κ1) is 14.9. The fraction of sp³-hybridized carbons (Fsp3) is 0.667. The molecule has 0 aromatic carbocycles. The van der Waals surface area contributed by atoms with Crippen LogP contribution in [0.1, 0.15) is 57.9 Å². The average Bonchev–Trinajstić information content (AvgIpc) is 3.07. The van der Waals surface area contributed by atoms with E-state index in [1.54, 1.807) is 0 Å². The van der Waals surface area contributed by atoms with Crippen LogP contribution >= 0.6 is 0 Å². The highest BCUT2D eigenvalue weighted by Gasteiger charge is 2.34. The third-order valence-electron chi connectivity index (χ3n) is 5.81. The molecule has 4 rings (SSSR count). The maximum absolute atomic E-state index is 12.9. The Bertz CT molecular complexity index is 635. The lowest BCUT2D eigenvalue weighted by atomic mass is 9.92. The van der Waals surface area contributed by atoms with E-state index in [9.17, 15) is 9.59 Å². The first-order valence-corrected chi connectivity index (χ1v) is 8.80. The highest BCUT2D eigenvalue weighted by Crippen LogP contribution is 2.32. The van der Waals surface area contributed by atoms with Crippen LogP contribution in [0.25, 0.3) is 0 Å². The Morgan fingerprint density at radius 3 is 2.52 bits per heavy atom. The molecule has 1 amide bonds. The van der Waals surface area contributed by atoms with E-state index in [-0.39, 0.29) is 11.7 Å². The number of rotatable bonds is 1. The van der Waals surface area contributed by atoms with E-state index in [1.807, 2.05) is 11.8 Å². The van der Waals surface area contributed by atoms with Crippen LogP contribution in [0.15, 0.2) is 4.42 Å². The van der Waals surface area contributed by atoms with Crippen LogP contribution in [0.3, 0.4) is 0 Å². The molecule has 1 N–H and O–H groups in total. The monoisotopic (exact) mass is 316 g/mol. The molecule has 0 bridgehead atoms. The highest BCUT2D eigenvalue weighted by atomic mass is 16.4. The molecular formula is C18H24N2O3. The summed E-state index contributed by atoms with van der Waals surface area (Å²) in [5, 5.41) is 3.46. The second-order valence-corrected chi connectivity index (χ2v) is 7.18. The maximum Gasteiger partial charge on any atom is 0.289 e. The molecule has 23 heavy (non-hydrogen) atoms. The second kappa shape index (κ2) is 5.78. The van der Waals surface area contributed by atoms with Crippen LogP contribution in [-0.2, 0) is 6.42 Å². The minimum absolute atomic E-state index is 0.0300. The average molecular weight is 316 g/mol. The van der Waals surface area contributed by atoms with Crippen molar-refractivity contribution >= 4 is 11.7 Å². The smallest absolute Gasteiger partial charge is 0.289 e. The number of carbonyl (C=O) groups is 2. The van der Waals surface area contributed by atoms with Gasteiger partial charge in [-0.3, -0.25) is 9.59 Å². The number of likely N-dealkylation sites (tertiary alicyclic amines) is 1. The zero-order valence-corrected chi connectivity index (χ0v) is 13.7. The van der Waals surface area contributed by atoms with Crippen LogP contribution in [-0.4, -0.2) is 42.8 Å². The van der Waals surface area contributed by atoms with Gasteiger partial charge in [0.15, 0.2) is 11.5 Å². The van der Waals surface area contributed by atoms with E-state index in [2.05, 4.69) is 5.32 Å². The number of nitrogens with zero attached hydrogens (tertiary/aromatic N) is 1. The summed E-state index contributed by atoms with van der Waals surface area (Å²) in [5.74, 6) is 2.61. The van der Waals surface area contributed by atoms with Crippen molar-refractivity contribution in [1.82, 2.24) is 10.2 Å². The Hall–Kier alpha value is -1.62. The predicted octanol–water partition coefficient (Wildman–Crippen LogP) is 2.18. The fourth-order valence-corrected chi connectivity index (χ4v) is 4.42. The van der Waals surface area contributed by atoms with Gasteiger partial charge in [-0.05, 0) is 51.1 Å². The van der Waals surface area contributed by atoms with Crippen LogP contribution in [0.4, 0.5) is 0 Å². The molecule has 0 saturated carbocycles. The highest BCUT2D eigenvalue weighted by molar-refractivity contribution is 6.03. The number of fused-ring (bicyclic) bond motifs is 2. The zero-order chi connectivity index (χ0) is 16.0. The first-order chi connectivity index (χ1) is 11.1. The van der Waals surface area contributed by atoms with Gasteiger partial charge < -0.3 is 14.6 Å². The third kappa shape index (κ3) is 2.51. The molecule has 5 heteroatoms. The summed E-state index contributed by atoms with van der Waals surface area (Å²) in [7, 11) is 0. The quantitative estimate of drug-likeness (QED) is 0.862. The Morgan fingerprint density at radius 2 is 1.87 bits per heavy atom. The van der Waals surface area contributed by atoms with Crippen LogP contribution in [0.2, 0.25) is 0 Å². The van der Waals surface area contributed by atoms with Crippen molar-refractivity contribution < 1.29 is 14.0 Å². The van der Waals surface area contributed by atoms with Gasteiger partial charge in [0.05, 0.1) is 5.56 Å². The van der Waals surface area contributed by atoms with Gasteiger partial charge in [0, 0.05) is 31.5 Å². The lowest BCUT2D eigenvalue weighted by Gasteiger charge is -2.20. The molecule has 3 heterocycles. The molecule has 3 aliphatic rings. The fourth-order valence-electron chi connectivity index (χ4n) is 4.42. The molecule has 0 spiro atoms. The molecule has 1 aromatic rings. The summed E-state index contributed by atoms with van der Waals surface area (Å²) >= 11 is 0. The summed E-state index contributed by atoms with van der Waals surface area (Å²) in [5.41, 5.74) is 1.43. The minimum Gasteiger partial charge on any atom is -0.455 e. The Labute approximate surface area is 136 Å². The summed E-state index contributed by atoms with van der Waals surface area (Å²) < 4.78 is 5.83. The van der Waals surface area contributed by atoms with Crippen LogP contribution < -0.4 is 5.32 Å². The lowest BCUT2D eigenvalue weighted by molar-refractivity contribution is 0.0723. The molecule has 1 aliphatic carbocycles. The van der Waals surface area contributed by atoms with Crippen molar-refractivity contribution in [2.45, 2.75) is 39.0 Å². The predicted molar refractivity (Wildman–Crippen MR) is 85.7 cm³/mol. The number of carbonyl (C=O) groups excluding carboxylic acids is 2. The zero-order valence-electron chi connectivity index (χ0n) is 13.7. The van der Waals surface area contributed by atoms with E-state index in [1.165, 1.54) is 0 Å². The summed E-state index contributed by atoms with van der Waals surface area (Å²) in [4.78, 5) is 27.0.